The highest BCUT2D eigenvalue weighted by Gasteiger charge is 2.07. The van der Waals surface area contributed by atoms with E-state index in [2.05, 4.69) is 4.98 Å². The van der Waals surface area contributed by atoms with Crippen LogP contribution in [0.2, 0.25) is 0 Å². The smallest absolute Gasteiger partial charge is 0.305 e. The lowest BCUT2D eigenvalue weighted by Crippen LogP contribution is -2.02. The summed E-state index contributed by atoms with van der Waals surface area (Å²) in [6.45, 7) is 0.343. The number of carboxylic acids is 1. The number of nitrogens with zero attached hydrogens (tertiary/aromatic N) is 3. The van der Waals surface area contributed by atoms with Crippen molar-refractivity contribution in [1.29, 1.82) is 0 Å². The summed E-state index contributed by atoms with van der Waals surface area (Å²) < 4.78 is 1.67. The first-order valence-corrected chi connectivity index (χ1v) is 5.54. The van der Waals surface area contributed by atoms with Gasteiger partial charge in [-0.1, -0.05) is 0 Å². The molecule has 0 bridgehead atoms. The molecule has 98 valence electrons. The number of nitro groups is 1. The molecule has 2 rings (SSSR count). The summed E-state index contributed by atoms with van der Waals surface area (Å²) in [6, 6.07) is 6.04. The molecule has 0 spiro atoms. The normalized spacial score (nSPS) is 10.3. The van der Waals surface area contributed by atoms with Crippen LogP contribution in [0.1, 0.15) is 6.42 Å². The van der Waals surface area contributed by atoms with Gasteiger partial charge in [-0.3, -0.25) is 14.9 Å². The van der Waals surface area contributed by atoms with Gasteiger partial charge >= 0.3 is 5.97 Å². The number of aliphatic carboxylic acids is 1. The van der Waals surface area contributed by atoms with Crippen LogP contribution in [0, 0.1) is 10.1 Å². The third-order valence-electron chi connectivity index (χ3n) is 2.59. The maximum atomic E-state index is 10.5. The van der Waals surface area contributed by atoms with E-state index in [9.17, 15) is 14.9 Å². The molecule has 0 amide bonds. The van der Waals surface area contributed by atoms with Gasteiger partial charge in [0.05, 0.1) is 23.4 Å². The molecule has 1 N–H and O–H groups in total. The maximum Gasteiger partial charge on any atom is 0.305 e. The molecule has 0 aliphatic rings. The first-order valence-electron chi connectivity index (χ1n) is 5.54. The third kappa shape index (κ3) is 3.15. The van der Waals surface area contributed by atoms with E-state index in [1.165, 1.54) is 12.1 Å². The summed E-state index contributed by atoms with van der Waals surface area (Å²) in [7, 11) is 0. The molecular weight excluding hydrogens is 250 g/mol. The second-order valence-corrected chi connectivity index (χ2v) is 3.94. The van der Waals surface area contributed by atoms with Crippen LogP contribution in [0.4, 0.5) is 5.69 Å². The minimum absolute atomic E-state index is 0.0223. The zero-order chi connectivity index (χ0) is 13.8. The van der Waals surface area contributed by atoms with Crippen molar-refractivity contribution in [3.63, 3.8) is 0 Å². The average molecular weight is 261 g/mol. The van der Waals surface area contributed by atoms with Gasteiger partial charge in [-0.2, -0.15) is 0 Å². The van der Waals surface area contributed by atoms with Crippen molar-refractivity contribution < 1.29 is 14.8 Å². The Morgan fingerprint density at radius 3 is 2.63 bits per heavy atom. The van der Waals surface area contributed by atoms with Gasteiger partial charge in [0, 0.05) is 30.4 Å². The second kappa shape index (κ2) is 5.30. The van der Waals surface area contributed by atoms with Crippen LogP contribution in [0.5, 0.6) is 0 Å². The van der Waals surface area contributed by atoms with E-state index in [0.717, 1.165) is 5.56 Å². The second-order valence-electron chi connectivity index (χ2n) is 3.94. The first-order chi connectivity index (χ1) is 9.06. The number of non-ortho nitro benzene ring substituents is 1. The Morgan fingerprint density at radius 2 is 2.05 bits per heavy atom. The van der Waals surface area contributed by atoms with Gasteiger partial charge in [0.1, 0.15) is 0 Å². The van der Waals surface area contributed by atoms with Crippen LogP contribution >= 0.6 is 0 Å². The molecule has 1 heterocycles. The Bertz CT molecular complexity index is 604. The molecule has 0 saturated carbocycles. The highest BCUT2D eigenvalue weighted by molar-refractivity contribution is 5.66. The van der Waals surface area contributed by atoms with Crippen molar-refractivity contribution in [2.24, 2.45) is 0 Å². The Hall–Kier alpha value is -2.70. The lowest BCUT2D eigenvalue weighted by molar-refractivity contribution is -0.384. The molecule has 0 saturated heterocycles. The van der Waals surface area contributed by atoms with Gasteiger partial charge < -0.3 is 9.67 Å². The summed E-state index contributed by atoms with van der Waals surface area (Å²) in [5.74, 6) is -0.870. The number of carboxylic acid groups (broad SMARTS) is 1. The van der Waals surface area contributed by atoms with Gasteiger partial charge in [-0.05, 0) is 12.1 Å². The van der Waals surface area contributed by atoms with Crippen molar-refractivity contribution in [2.45, 2.75) is 13.0 Å². The molecule has 0 fully saturated rings. The van der Waals surface area contributed by atoms with Crippen LogP contribution < -0.4 is 0 Å². The van der Waals surface area contributed by atoms with Crippen LogP contribution in [0.15, 0.2) is 36.8 Å². The SMILES string of the molecule is O=C(O)CCn1cnc(-c2ccc([N+](=O)[O-])cc2)c1. The van der Waals surface area contributed by atoms with Gasteiger partial charge in [-0.25, -0.2) is 4.98 Å². The highest BCUT2D eigenvalue weighted by Crippen LogP contribution is 2.20. The van der Waals surface area contributed by atoms with Crippen LogP contribution in [0.25, 0.3) is 11.3 Å². The molecule has 2 aromatic rings. The Labute approximate surface area is 108 Å². The number of hydrogen-bond acceptors (Lipinski definition) is 4. The molecule has 0 unspecified atom stereocenters. The van der Waals surface area contributed by atoms with Crippen molar-refractivity contribution in [1.82, 2.24) is 9.55 Å². The van der Waals surface area contributed by atoms with Crippen molar-refractivity contribution in [3.8, 4) is 11.3 Å². The fraction of sp³-hybridized carbons (Fsp3) is 0.167. The number of hydrogen-bond donors (Lipinski definition) is 1. The summed E-state index contributed by atoms with van der Waals surface area (Å²) in [6.07, 6.45) is 3.28. The third-order valence-corrected chi connectivity index (χ3v) is 2.59. The van der Waals surface area contributed by atoms with E-state index < -0.39 is 10.9 Å². The number of aromatic nitrogens is 2. The standard InChI is InChI=1S/C12H11N3O4/c16-12(17)5-6-14-7-11(13-8-14)9-1-3-10(4-2-9)15(18)19/h1-4,7-8H,5-6H2,(H,16,17). The Kier molecular flexibility index (Phi) is 3.56. The Balaban J connectivity index is 2.13. The van der Waals surface area contributed by atoms with E-state index in [1.807, 2.05) is 0 Å². The number of aryl methyl sites for hydroxylation is 1. The monoisotopic (exact) mass is 261 g/mol. The van der Waals surface area contributed by atoms with Crippen molar-refractivity contribution in [2.75, 3.05) is 0 Å². The number of carbonyl (C=O) groups is 1. The topological polar surface area (TPSA) is 98.3 Å². The highest BCUT2D eigenvalue weighted by atomic mass is 16.6. The summed E-state index contributed by atoms with van der Waals surface area (Å²) >= 11 is 0. The zero-order valence-electron chi connectivity index (χ0n) is 9.89. The van der Waals surface area contributed by atoms with Gasteiger partial charge in [0.15, 0.2) is 0 Å². The molecule has 0 aliphatic carbocycles. The van der Waals surface area contributed by atoms with E-state index in [4.69, 9.17) is 5.11 Å². The molecular formula is C12H11N3O4. The molecule has 1 aromatic heterocycles. The first kappa shape index (κ1) is 12.7. The van der Waals surface area contributed by atoms with Gasteiger partial charge in [0.25, 0.3) is 5.69 Å². The van der Waals surface area contributed by atoms with Crippen LogP contribution in [-0.2, 0) is 11.3 Å². The van der Waals surface area contributed by atoms with E-state index in [1.54, 1.807) is 29.2 Å². The summed E-state index contributed by atoms with van der Waals surface area (Å²) in [5, 5.41) is 19.1. The number of nitro benzene ring substituents is 1. The fourth-order valence-electron chi connectivity index (χ4n) is 1.61. The average Bonchev–Trinajstić information content (AvgIpc) is 2.85. The number of rotatable bonds is 5. The molecule has 7 heteroatoms. The fourth-order valence-corrected chi connectivity index (χ4v) is 1.61. The van der Waals surface area contributed by atoms with E-state index in [0.29, 0.717) is 12.2 Å². The van der Waals surface area contributed by atoms with Crippen LogP contribution in [-0.4, -0.2) is 25.6 Å². The van der Waals surface area contributed by atoms with E-state index >= 15 is 0 Å². The van der Waals surface area contributed by atoms with Gasteiger partial charge in [0.2, 0.25) is 0 Å². The largest absolute Gasteiger partial charge is 0.481 e. The number of imidazole rings is 1. The van der Waals surface area contributed by atoms with Gasteiger partial charge in [-0.15, -0.1) is 0 Å². The molecule has 7 nitrogen and oxygen atoms in total. The predicted octanol–water partition coefficient (Wildman–Crippen LogP) is 1.93. The summed E-state index contributed by atoms with van der Waals surface area (Å²) in [4.78, 5) is 24.7. The van der Waals surface area contributed by atoms with Crippen molar-refractivity contribution >= 4 is 11.7 Å². The summed E-state index contributed by atoms with van der Waals surface area (Å²) in [5.41, 5.74) is 1.43. The minimum atomic E-state index is -0.870. The molecule has 1 aromatic carbocycles. The quantitative estimate of drug-likeness (QED) is 0.655. The van der Waals surface area contributed by atoms with Crippen LogP contribution in [0.3, 0.4) is 0 Å². The molecule has 19 heavy (non-hydrogen) atoms. The minimum Gasteiger partial charge on any atom is -0.481 e. The maximum absolute atomic E-state index is 10.5. The molecule has 0 aliphatic heterocycles. The molecule has 0 atom stereocenters. The Morgan fingerprint density at radius 1 is 1.37 bits per heavy atom. The molecule has 0 radical (unpaired) electrons. The zero-order valence-corrected chi connectivity index (χ0v) is 9.89. The number of benzene rings is 1. The lowest BCUT2D eigenvalue weighted by atomic mass is 10.1. The van der Waals surface area contributed by atoms with Crippen molar-refractivity contribution in [3.05, 3.63) is 46.9 Å². The lowest BCUT2D eigenvalue weighted by Gasteiger charge is -1.98. The van der Waals surface area contributed by atoms with E-state index in [-0.39, 0.29) is 12.1 Å². The predicted molar refractivity (Wildman–Crippen MR) is 66.6 cm³/mol.